The highest BCUT2D eigenvalue weighted by atomic mass is 16.6. The van der Waals surface area contributed by atoms with Crippen LogP contribution in [0.2, 0.25) is 0 Å². The summed E-state index contributed by atoms with van der Waals surface area (Å²) < 4.78 is 9.22. The molecule has 0 fully saturated rings. The Morgan fingerprint density at radius 1 is 1.06 bits per heavy atom. The molecule has 7 nitrogen and oxygen atoms in total. The maximum atomic E-state index is 11.5. The molecule has 0 aromatic carbocycles. The van der Waals surface area contributed by atoms with Gasteiger partial charge in [0, 0.05) is 6.54 Å². The van der Waals surface area contributed by atoms with E-state index in [-0.39, 0.29) is 19.8 Å². The maximum absolute atomic E-state index is 11.5. The van der Waals surface area contributed by atoms with E-state index in [1.165, 1.54) is 0 Å². The van der Waals surface area contributed by atoms with E-state index in [0.717, 1.165) is 4.90 Å². The van der Waals surface area contributed by atoms with E-state index in [1.807, 2.05) is 5.32 Å². The van der Waals surface area contributed by atoms with Gasteiger partial charge in [-0.2, -0.15) is 0 Å². The van der Waals surface area contributed by atoms with Crippen molar-refractivity contribution in [1.29, 1.82) is 0 Å². The van der Waals surface area contributed by atoms with Crippen molar-refractivity contribution in [2.45, 2.75) is 27.2 Å². The SMILES string of the molecule is CCCN(C(=O)NC(=O)OCC)C(=O)OCC. The number of alkyl carbamates (subject to hydrolysis) is 1. The van der Waals surface area contributed by atoms with Gasteiger partial charge in [0.05, 0.1) is 13.2 Å². The maximum Gasteiger partial charge on any atom is 0.417 e. The van der Waals surface area contributed by atoms with Crippen LogP contribution in [0.3, 0.4) is 0 Å². The standard InChI is InChI=1S/C10H18N2O5/c1-4-7-12(10(15)17-6-3)8(13)11-9(14)16-5-2/h4-7H2,1-3H3,(H,11,13,14). The first-order chi connectivity index (χ1) is 8.06. The Morgan fingerprint density at radius 2 is 1.65 bits per heavy atom. The number of hydrogen-bond acceptors (Lipinski definition) is 5. The monoisotopic (exact) mass is 246 g/mol. The van der Waals surface area contributed by atoms with Crippen molar-refractivity contribution in [3.05, 3.63) is 0 Å². The Balaban J connectivity index is 4.43. The van der Waals surface area contributed by atoms with Crippen molar-refractivity contribution < 1.29 is 23.9 Å². The number of amides is 4. The van der Waals surface area contributed by atoms with Crippen LogP contribution >= 0.6 is 0 Å². The zero-order valence-corrected chi connectivity index (χ0v) is 10.3. The summed E-state index contributed by atoms with van der Waals surface area (Å²) in [6.45, 7) is 5.51. The molecule has 0 aromatic heterocycles. The van der Waals surface area contributed by atoms with E-state index in [2.05, 4.69) is 4.74 Å². The summed E-state index contributed by atoms with van der Waals surface area (Å²) in [5.74, 6) is 0. The van der Waals surface area contributed by atoms with E-state index < -0.39 is 18.2 Å². The van der Waals surface area contributed by atoms with Crippen LogP contribution in [0.5, 0.6) is 0 Å². The number of ether oxygens (including phenoxy) is 2. The fourth-order valence-electron chi connectivity index (χ4n) is 1.02. The van der Waals surface area contributed by atoms with Crippen LogP contribution in [0.1, 0.15) is 27.2 Å². The van der Waals surface area contributed by atoms with Gasteiger partial charge in [0.2, 0.25) is 0 Å². The third-order valence-electron chi connectivity index (χ3n) is 1.66. The summed E-state index contributed by atoms with van der Waals surface area (Å²) in [5, 5.41) is 1.93. The quantitative estimate of drug-likeness (QED) is 0.816. The molecule has 0 atom stereocenters. The lowest BCUT2D eigenvalue weighted by atomic mass is 10.4. The van der Waals surface area contributed by atoms with Crippen molar-refractivity contribution in [3.8, 4) is 0 Å². The molecule has 17 heavy (non-hydrogen) atoms. The molecule has 0 spiro atoms. The van der Waals surface area contributed by atoms with Crippen molar-refractivity contribution in [1.82, 2.24) is 10.2 Å². The molecule has 0 saturated carbocycles. The minimum atomic E-state index is -0.886. The van der Waals surface area contributed by atoms with E-state index in [4.69, 9.17) is 4.74 Å². The molecule has 0 radical (unpaired) electrons. The number of imide groups is 2. The van der Waals surface area contributed by atoms with Gasteiger partial charge in [-0.25, -0.2) is 24.6 Å². The summed E-state index contributed by atoms with van der Waals surface area (Å²) in [6.07, 6.45) is -1.10. The number of carbonyl (C=O) groups excluding carboxylic acids is 3. The summed E-state index contributed by atoms with van der Waals surface area (Å²) in [4.78, 5) is 34.8. The van der Waals surface area contributed by atoms with Crippen LogP contribution < -0.4 is 5.32 Å². The van der Waals surface area contributed by atoms with Gasteiger partial charge in [0.1, 0.15) is 0 Å². The molecule has 0 rings (SSSR count). The van der Waals surface area contributed by atoms with Gasteiger partial charge in [0.25, 0.3) is 0 Å². The number of carbonyl (C=O) groups is 3. The van der Waals surface area contributed by atoms with Gasteiger partial charge < -0.3 is 9.47 Å². The lowest BCUT2D eigenvalue weighted by molar-refractivity contribution is 0.112. The van der Waals surface area contributed by atoms with Crippen molar-refractivity contribution >= 4 is 18.2 Å². The van der Waals surface area contributed by atoms with Crippen LogP contribution in [0, 0.1) is 0 Å². The number of nitrogens with one attached hydrogen (secondary N) is 1. The van der Waals surface area contributed by atoms with Crippen LogP contribution in [0.4, 0.5) is 14.4 Å². The number of rotatable bonds is 4. The van der Waals surface area contributed by atoms with E-state index in [9.17, 15) is 14.4 Å². The largest absolute Gasteiger partial charge is 0.450 e. The summed E-state index contributed by atoms with van der Waals surface area (Å²) in [7, 11) is 0. The molecule has 0 bridgehead atoms. The highest BCUT2D eigenvalue weighted by molar-refractivity contribution is 5.98. The van der Waals surface area contributed by atoms with Crippen LogP contribution in [-0.2, 0) is 9.47 Å². The smallest absolute Gasteiger partial charge is 0.417 e. The van der Waals surface area contributed by atoms with Crippen molar-refractivity contribution in [3.63, 3.8) is 0 Å². The molecule has 0 aliphatic rings. The molecule has 0 heterocycles. The Hall–Kier alpha value is -1.79. The van der Waals surface area contributed by atoms with E-state index in [1.54, 1.807) is 20.8 Å². The lowest BCUT2D eigenvalue weighted by Gasteiger charge is -2.18. The topological polar surface area (TPSA) is 84.9 Å². The zero-order valence-electron chi connectivity index (χ0n) is 10.3. The predicted octanol–water partition coefficient (Wildman–Crippen LogP) is 1.72. The van der Waals surface area contributed by atoms with Gasteiger partial charge in [-0.05, 0) is 20.3 Å². The average molecular weight is 246 g/mol. The summed E-state index contributed by atoms with van der Waals surface area (Å²) in [6, 6.07) is -0.844. The van der Waals surface area contributed by atoms with Gasteiger partial charge in [0.15, 0.2) is 0 Å². The number of urea groups is 1. The van der Waals surface area contributed by atoms with Gasteiger partial charge in [-0.1, -0.05) is 6.92 Å². The summed E-state index contributed by atoms with van der Waals surface area (Å²) >= 11 is 0. The van der Waals surface area contributed by atoms with Gasteiger partial charge in [-0.15, -0.1) is 0 Å². The molecular weight excluding hydrogens is 228 g/mol. The highest BCUT2D eigenvalue weighted by Gasteiger charge is 2.23. The van der Waals surface area contributed by atoms with Crippen LogP contribution in [-0.4, -0.2) is 42.9 Å². The lowest BCUT2D eigenvalue weighted by Crippen LogP contribution is -2.46. The second kappa shape index (κ2) is 8.37. The molecule has 0 aromatic rings. The molecule has 98 valence electrons. The van der Waals surface area contributed by atoms with Gasteiger partial charge >= 0.3 is 18.2 Å². The van der Waals surface area contributed by atoms with Crippen LogP contribution in [0.25, 0.3) is 0 Å². The average Bonchev–Trinajstić information content (AvgIpc) is 2.26. The molecule has 1 N–H and O–H groups in total. The second-order valence-electron chi connectivity index (χ2n) is 3.00. The Kier molecular flexibility index (Phi) is 7.49. The molecule has 7 heteroatoms. The first kappa shape index (κ1) is 15.2. The van der Waals surface area contributed by atoms with E-state index in [0.29, 0.717) is 6.42 Å². The summed E-state index contributed by atoms with van der Waals surface area (Å²) in [5.41, 5.74) is 0. The van der Waals surface area contributed by atoms with Crippen molar-refractivity contribution in [2.24, 2.45) is 0 Å². The molecule has 0 saturated heterocycles. The van der Waals surface area contributed by atoms with Crippen LogP contribution in [0.15, 0.2) is 0 Å². The highest BCUT2D eigenvalue weighted by Crippen LogP contribution is 1.98. The second-order valence-corrected chi connectivity index (χ2v) is 3.00. The Labute approximate surface area is 100 Å². The minimum Gasteiger partial charge on any atom is -0.450 e. The molecule has 0 aliphatic heterocycles. The first-order valence-corrected chi connectivity index (χ1v) is 5.48. The van der Waals surface area contributed by atoms with Crippen molar-refractivity contribution in [2.75, 3.05) is 19.8 Å². The van der Waals surface area contributed by atoms with E-state index >= 15 is 0 Å². The fraction of sp³-hybridized carbons (Fsp3) is 0.700. The minimum absolute atomic E-state index is 0.145. The number of nitrogens with zero attached hydrogens (tertiary/aromatic N) is 1. The third kappa shape index (κ3) is 5.74. The normalized spacial score (nSPS) is 9.35. The zero-order chi connectivity index (χ0) is 13.3. The predicted molar refractivity (Wildman–Crippen MR) is 59.6 cm³/mol. The molecular formula is C10H18N2O5. The van der Waals surface area contributed by atoms with Gasteiger partial charge in [-0.3, -0.25) is 0 Å². The first-order valence-electron chi connectivity index (χ1n) is 5.48. The number of hydrogen-bond donors (Lipinski definition) is 1. The molecule has 0 aliphatic carbocycles. The Bertz CT molecular complexity index is 280. The molecule has 0 unspecified atom stereocenters. The fourth-order valence-corrected chi connectivity index (χ4v) is 1.02. The Morgan fingerprint density at radius 3 is 2.12 bits per heavy atom. The molecule has 4 amide bonds. The third-order valence-corrected chi connectivity index (χ3v) is 1.66.